The molecule has 2 amide bonds. The standard InChI is InChI=1S/C25H46N4O12/c26-38-12-4-1-9-34-17-25(18-35-10-2-5-13-39-27,19-36-11-3-6-14-40-28)20-37-16-21(30)15-24(33)41-29-22(31)7-8-23(29)32/h1-20,26-28H2. The third-order valence-corrected chi connectivity index (χ3v) is 5.84. The molecule has 0 atom stereocenters. The van der Waals surface area contributed by atoms with Gasteiger partial charge in [0.05, 0.1) is 51.7 Å². The lowest BCUT2D eigenvalue weighted by molar-refractivity contribution is -0.197. The van der Waals surface area contributed by atoms with Crippen LogP contribution in [0.25, 0.3) is 0 Å². The topological polar surface area (TPSA) is 223 Å². The van der Waals surface area contributed by atoms with Crippen molar-refractivity contribution in [3.63, 3.8) is 0 Å². The first-order chi connectivity index (χ1) is 19.9. The summed E-state index contributed by atoms with van der Waals surface area (Å²) in [5.74, 6) is 12.3. The van der Waals surface area contributed by atoms with Crippen LogP contribution in [0, 0.1) is 5.41 Å². The van der Waals surface area contributed by atoms with Gasteiger partial charge >= 0.3 is 5.97 Å². The first-order valence-electron chi connectivity index (χ1n) is 13.7. The molecule has 1 heterocycles. The molecule has 6 N–H and O–H groups in total. The number of rotatable bonds is 28. The molecule has 41 heavy (non-hydrogen) atoms. The Morgan fingerprint density at radius 3 is 1.44 bits per heavy atom. The average Bonchev–Trinajstić information content (AvgIpc) is 3.26. The molecule has 1 saturated heterocycles. The number of hydroxylamine groups is 2. The monoisotopic (exact) mass is 594 g/mol. The number of carbonyl (C=O) groups is 4. The second kappa shape index (κ2) is 23.4. The maximum absolute atomic E-state index is 12.4. The van der Waals surface area contributed by atoms with Gasteiger partial charge in [-0.05, 0) is 38.5 Å². The highest BCUT2D eigenvalue weighted by atomic mass is 16.7. The zero-order valence-corrected chi connectivity index (χ0v) is 23.7. The van der Waals surface area contributed by atoms with E-state index in [9.17, 15) is 19.2 Å². The van der Waals surface area contributed by atoms with Crippen molar-refractivity contribution >= 4 is 23.6 Å². The number of Topliss-reactive ketones (excluding diaryl/α,β-unsaturated/α-hetero) is 1. The quantitative estimate of drug-likeness (QED) is 0.0454. The first kappa shape index (κ1) is 36.9. The molecule has 0 aromatic heterocycles. The minimum Gasteiger partial charge on any atom is -0.381 e. The van der Waals surface area contributed by atoms with E-state index >= 15 is 0 Å². The fourth-order valence-corrected chi connectivity index (χ4v) is 3.67. The molecule has 238 valence electrons. The van der Waals surface area contributed by atoms with Gasteiger partial charge in [-0.25, -0.2) is 22.5 Å². The number of hydrogen-bond donors (Lipinski definition) is 3. The molecule has 1 aliphatic rings. The van der Waals surface area contributed by atoms with E-state index in [-0.39, 0.29) is 39.3 Å². The Hall–Kier alpha value is -2.12. The van der Waals surface area contributed by atoms with Crippen molar-refractivity contribution in [1.29, 1.82) is 0 Å². The fourth-order valence-electron chi connectivity index (χ4n) is 3.67. The van der Waals surface area contributed by atoms with E-state index in [1.165, 1.54) is 0 Å². The Morgan fingerprint density at radius 2 is 1.02 bits per heavy atom. The summed E-state index contributed by atoms with van der Waals surface area (Å²) in [6.45, 7) is 2.79. The molecule has 0 aliphatic carbocycles. The predicted molar refractivity (Wildman–Crippen MR) is 141 cm³/mol. The van der Waals surface area contributed by atoms with Crippen molar-refractivity contribution < 1.29 is 57.5 Å². The number of amides is 2. The number of unbranched alkanes of at least 4 members (excludes halogenated alkanes) is 3. The van der Waals surface area contributed by atoms with Crippen molar-refractivity contribution in [3.05, 3.63) is 0 Å². The van der Waals surface area contributed by atoms with Crippen LogP contribution in [-0.2, 0) is 57.5 Å². The number of imide groups is 1. The third kappa shape index (κ3) is 17.4. The summed E-state index contributed by atoms with van der Waals surface area (Å²) in [5.41, 5.74) is -0.770. The van der Waals surface area contributed by atoms with E-state index < -0.39 is 42.0 Å². The number of ether oxygens (including phenoxy) is 4. The molecule has 1 fully saturated rings. The summed E-state index contributed by atoms with van der Waals surface area (Å²) in [6, 6.07) is 0. The minimum absolute atomic E-state index is 0.0284. The summed E-state index contributed by atoms with van der Waals surface area (Å²) < 4.78 is 23.5. The van der Waals surface area contributed by atoms with Crippen molar-refractivity contribution in [3.8, 4) is 0 Å². The summed E-state index contributed by atoms with van der Waals surface area (Å²) in [6.07, 6.45) is 3.57. The normalized spacial score (nSPS) is 13.8. The van der Waals surface area contributed by atoms with Crippen LogP contribution in [0.3, 0.4) is 0 Å². The van der Waals surface area contributed by atoms with Crippen LogP contribution >= 0.6 is 0 Å². The second-order valence-electron chi connectivity index (χ2n) is 9.64. The smallest absolute Gasteiger partial charge is 0.340 e. The predicted octanol–water partition coefficient (Wildman–Crippen LogP) is -0.383. The molecule has 0 radical (unpaired) electrons. The molecule has 0 unspecified atom stereocenters. The number of hydrogen-bond acceptors (Lipinski definition) is 15. The van der Waals surface area contributed by atoms with E-state index in [0.717, 1.165) is 38.5 Å². The summed E-state index contributed by atoms with van der Waals surface area (Å²) in [5, 5.41) is 0.395. The maximum Gasteiger partial charge on any atom is 0.340 e. The van der Waals surface area contributed by atoms with E-state index in [1.807, 2.05) is 0 Å². The van der Waals surface area contributed by atoms with Gasteiger partial charge in [-0.1, -0.05) is 0 Å². The lowest BCUT2D eigenvalue weighted by Crippen LogP contribution is -2.42. The summed E-state index contributed by atoms with van der Waals surface area (Å²) in [7, 11) is 0. The zero-order chi connectivity index (χ0) is 30.2. The summed E-state index contributed by atoms with van der Waals surface area (Å²) in [4.78, 5) is 66.1. The fraction of sp³-hybridized carbons (Fsp3) is 0.840. The van der Waals surface area contributed by atoms with Gasteiger partial charge in [0.15, 0.2) is 5.78 Å². The van der Waals surface area contributed by atoms with Crippen molar-refractivity contribution in [2.45, 2.75) is 57.8 Å². The van der Waals surface area contributed by atoms with Crippen LogP contribution in [0.5, 0.6) is 0 Å². The molecule has 0 bridgehead atoms. The van der Waals surface area contributed by atoms with Crippen molar-refractivity contribution in [2.75, 3.05) is 72.7 Å². The Bertz CT molecular complexity index is 701. The van der Waals surface area contributed by atoms with E-state index in [1.54, 1.807) is 0 Å². The van der Waals surface area contributed by atoms with Gasteiger partial charge < -0.3 is 38.3 Å². The van der Waals surface area contributed by atoms with Gasteiger partial charge in [0.25, 0.3) is 11.8 Å². The number of nitrogens with two attached hydrogens (primary N) is 3. The van der Waals surface area contributed by atoms with Crippen LogP contribution in [0.2, 0.25) is 0 Å². The molecule has 0 saturated carbocycles. The van der Waals surface area contributed by atoms with E-state index in [4.69, 9.17) is 41.5 Å². The number of ketones is 1. The SMILES string of the molecule is NOCCCCOCC(COCCCCON)(COCCCCON)COCC(=O)CC(=O)ON1C(=O)CCC1=O. The van der Waals surface area contributed by atoms with Gasteiger partial charge in [0.1, 0.15) is 13.0 Å². The van der Waals surface area contributed by atoms with Gasteiger partial charge in [-0.3, -0.25) is 14.4 Å². The van der Waals surface area contributed by atoms with Crippen LogP contribution in [-0.4, -0.2) is 101 Å². The Balaban J connectivity index is 2.71. The van der Waals surface area contributed by atoms with E-state index in [2.05, 4.69) is 14.5 Å². The Labute approximate surface area is 240 Å². The van der Waals surface area contributed by atoms with Gasteiger partial charge in [-0.2, -0.15) is 0 Å². The van der Waals surface area contributed by atoms with E-state index in [0.29, 0.717) is 44.7 Å². The van der Waals surface area contributed by atoms with Crippen LogP contribution < -0.4 is 17.7 Å². The van der Waals surface area contributed by atoms with Crippen LogP contribution in [0.4, 0.5) is 0 Å². The lowest BCUT2D eigenvalue weighted by Gasteiger charge is -2.33. The largest absolute Gasteiger partial charge is 0.381 e. The molecular weight excluding hydrogens is 548 g/mol. The van der Waals surface area contributed by atoms with Gasteiger partial charge in [0, 0.05) is 32.7 Å². The van der Waals surface area contributed by atoms with Crippen LogP contribution in [0.1, 0.15) is 57.8 Å². The average molecular weight is 595 g/mol. The summed E-state index contributed by atoms with van der Waals surface area (Å²) >= 11 is 0. The molecule has 0 aromatic rings. The highest BCUT2D eigenvalue weighted by molar-refractivity contribution is 6.03. The lowest BCUT2D eigenvalue weighted by atomic mass is 9.92. The maximum atomic E-state index is 12.4. The molecular formula is C25H46N4O12. The molecule has 0 spiro atoms. The molecule has 1 rings (SSSR count). The molecule has 16 nitrogen and oxygen atoms in total. The van der Waals surface area contributed by atoms with Crippen molar-refractivity contribution in [2.24, 2.45) is 23.1 Å². The van der Waals surface area contributed by atoms with Crippen LogP contribution in [0.15, 0.2) is 0 Å². The molecule has 16 heteroatoms. The number of carbonyl (C=O) groups excluding carboxylic acids is 4. The second-order valence-corrected chi connectivity index (χ2v) is 9.64. The first-order valence-corrected chi connectivity index (χ1v) is 13.7. The minimum atomic E-state index is -1.02. The zero-order valence-electron chi connectivity index (χ0n) is 23.7. The third-order valence-electron chi connectivity index (χ3n) is 5.84. The molecule has 0 aromatic carbocycles. The Kier molecular flexibility index (Phi) is 21.1. The van der Waals surface area contributed by atoms with Gasteiger partial charge in [0.2, 0.25) is 0 Å². The van der Waals surface area contributed by atoms with Crippen molar-refractivity contribution in [1.82, 2.24) is 5.06 Å². The highest BCUT2D eigenvalue weighted by Gasteiger charge is 2.34. The molecule has 1 aliphatic heterocycles. The Morgan fingerprint density at radius 1 is 0.634 bits per heavy atom. The highest BCUT2D eigenvalue weighted by Crippen LogP contribution is 2.22. The van der Waals surface area contributed by atoms with Gasteiger partial charge in [-0.15, -0.1) is 5.06 Å². The number of nitrogens with zero attached hydrogens (tertiary/aromatic N) is 1.